The molecule has 0 radical (unpaired) electrons. The number of aryl methyl sites for hydroxylation is 1. The fourth-order valence-corrected chi connectivity index (χ4v) is 2.04. The number of benzene rings is 2. The first kappa shape index (κ1) is 13.8. The van der Waals surface area contributed by atoms with Crippen LogP contribution in [0.15, 0.2) is 36.4 Å². The van der Waals surface area contributed by atoms with E-state index in [2.05, 4.69) is 0 Å². The minimum Gasteiger partial charge on any atom is -0.457 e. The molecule has 0 aromatic heterocycles. The van der Waals surface area contributed by atoms with E-state index in [9.17, 15) is 4.39 Å². The van der Waals surface area contributed by atoms with Crippen LogP contribution in [0.3, 0.4) is 0 Å². The molecule has 0 amide bonds. The lowest BCUT2D eigenvalue weighted by Crippen LogP contribution is -2.07. The van der Waals surface area contributed by atoms with Crippen LogP contribution in [0.2, 0.25) is 5.02 Å². The van der Waals surface area contributed by atoms with E-state index >= 15 is 0 Å². The van der Waals surface area contributed by atoms with Gasteiger partial charge in [-0.05, 0) is 55.8 Å². The average Bonchev–Trinajstić information content (AvgIpc) is 2.34. The normalized spacial score (nSPS) is 12.3. The van der Waals surface area contributed by atoms with Gasteiger partial charge in [0.2, 0.25) is 0 Å². The zero-order valence-corrected chi connectivity index (χ0v) is 11.5. The Labute approximate surface area is 117 Å². The first-order valence-corrected chi connectivity index (χ1v) is 6.34. The molecular weight excluding hydrogens is 265 g/mol. The molecule has 0 aliphatic carbocycles. The van der Waals surface area contributed by atoms with Crippen LogP contribution in [0.25, 0.3) is 0 Å². The van der Waals surface area contributed by atoms with Gasteiger partial charge in [0.05, 0.1) is 0 Å². The maximum atomic E-state index is 13.2. The van der Waals surface area contributed by atoms with Gasteiger partial charge in [0.1, 0.15) is 17.3 Å². The molecular formula is C15H15ClFNO. The molecule has 19 heavy (non-hydrogen) atoms. The molecule has 0 heterocycles. The number of halogens is 2. The second-order valence-corrected chi connectivity index (χ2v) is 4.92. The summed E-state index contributed by atoms with van der Waals surface area (Å²) < 4.78 is 19.1. The maximum absolute atomic E-state index is 13.2. The van der Waals surface area contributed by atoms with Gasteiger partial charge in [0.15, 0.2) is 0 Å². The Bertz CT molecular complexity index is 599. The van der Waals surface area contributed by atoms with E-state index in [-0.39, 0.29) is 11.9 Å². The second-order valence-electron chi connectivity index (χ2n) is 4.48. The van der Waals surface area contributed by atoms with Crippen molar-refractivity contribution in [3.05, 3.63) is 58.4 Å². The van der Waals surface area contributed by atoms with Gasteiger partial charge in [-0.3, -0.25) is 0 Å². The highest BCUT2D eigenvalue weighted by Crippen LogP contribution is 2.32. The van der Waals surface area contributed by atoms with E-state index in [0.29, 0.717) is 22.1 Å². The monoisotopic (exact) mass is 279 g/mol. The van der Waals surface area contributed by atoms with Gasteiger partial charge < -0.3 is 10.5 Å². The van der Waals surface area contributed by atoms with Crippen molar-refractivity contribution in [2.45, 2.75) is 19.9 Å². The third-order valence-electron chi connectivity index (χ3n) is 2.82. The minimum atomic E-state index is -0.326. The van der Waals surface area contributed by atoms with Crippen LogP contribution in [-0.4, -0.2) is 0 Å². The smallest absolute Gasteiger partial charge is 0.132 e. The topological polar surface area (TPSA) is 35.2 Å². The Morgan fingerprint density at radius 2 is 1.84 bits per heavy atom. The summed E-state index contributed by atoms with van der Waals surface area (Å²) in [6.45, 7) is 3.69. The van der Waals surface area contributed by atoms with Crippen LogP contribution >= 0.6 is 11.6 Å². The van der Waals surface area contributed by atoms with Crippen LogP contribution in [0.5, 0.6) is 11.5 Å². The summed E-state index contributed by atoms with van der Waals surface area (Å²) in [5.74, 6) is 0.909. The summed E-state index contributed by atoms with van der Waals surface area (Å²) >= 11 is 5.90. The molecule has 0 aliphatic rings. The second kappa shape index (κ2) is 5.59. The lowest BCUT2D eigenvalue weighted by atomic mass is 10.1. The molecule has 1 atom stereocenters. The van der Waals surface area contributed by atoms with Gasteiger partial charge in [-0.1, -0.05) is 11.6 Å². The van der Waals surface area contributed by atoms with Gasteiger partial charge in [0.25, 0.3) is 0 Å². The quantitative estimate of drug-likeness (QED) is 0.891. The van der Waals surface area contributed by atoms with Gasteiger partial charge >= 0.3 is 0 Å². The summed E-state index contributed by atoms with van der Waals surface area (Å²) in [5.41, 5.74) is 7.37. The van der Waals surface area contributed by atoms with Crippen molar-refractivity contribution < 1.29 is 9.13 Å². The zero-order chi connectivity index (χ0) is 14.0. The maximum Gasteiger partial charge on any atom is 0.132 e. The fourth-order valence-electron chi connectivity index (χ4n) is 1.81. The molecule has 0 fully saturated rings. The van der Waals surface area contributed by atoms with Crippen molar-refractivity contribution >= 4 is 11.6 Å². The molecule has 100 valence electrons. The Morgan fingerprint density at radius 3 is 2.47 bits per heavy atom. The van der Waals surface area contributed by atoms with E-state index in [0.717, 1.165) is 5.56 Å². The Kier molecular flexibility index (Phi) is 4.08. The van der Waals surface area contributed by atoms with Crippen molar-refractivity contribution in [2.24, 2.45) is 5.73 Å². The van der Waals surface area contributed by atoms with Crippen molar-refractivity contribution in [3.8, 4) is 11.5 Å². The summed E-state index contributed by atoms with van der Waals surface area (Å²) in [7, 11) is 0. The Hall–Kier alpha value is -1.58. The van der Waals surface area contributed by atoms with Crippen molar-refractivity contribution in [3.63, 3.8) is 0 Å². The van der Waals surface area contributed by atoms with E-state index in [1.54, 1.807) is 25.1 Å². The van der Waals surface area contributed by atoms with Crippen LogP contribution in [0.4, 0.5) is 4.39 Å². The summed E-state index contributed by atoms with van der Waals surface area (Å²) in [6.07, 6.45) is 0. The molecule has 0 bridgehead atoms. The molecule has 0 spiro atoms. The molecule has 0 saturated heterocycles. The van der Waals surface area contributed by atoms with E-state index in [1.807, 2.05) is 13.0 Å². The summed E-state index contributed by atoms with van der Waals surface area (Å²) in [4.78, 5) is 0. The number of rotatable bonds is 3. The predicted octanol–water partition coefficient (Wildman–Crippen LogP) is 4.60. The van der Waals surface area contributed by atoms with Crippen LogP contribution in [0.1, 0.15) is 24.1 Å². The standard InChI is InChI=1S/C15H15ClFNO/c1-9-7-11(16)3-5-14(9)19-15-6-4-12(17)8-13(15)10(2)18/h3-8,10H,18H2,1-2H3/t10-/m0/s1. The first-order valence-electron chi connectivity index (χ1n) is 5.96. The number of ether oxygens (including phenoxy) is 1. The number of nitrogens with two attached hydrogens (primary N) is 1. The molecule has 2 rings (SSSR count). The largest absolute Gasteiger partial charge is 0.457 e. The highest BCUT2D eigenvalue weighted by atomic mass is 35.5. The fraction of sp³-hybridized carbons (Fsp3) is 0.200. The molecule has 0 unspecified atom stereocenters. The minimum absolute atomic E-state index is 0.307. The number of hydrogen-bond donors (Lipinski definition) is 1. The van der Waals surface area contributed by atoms with Crippen molar-refractivity contribution in [2.75, 3.05) is 0 Å². The highest BCUT2D eigenvalue weighted by Gasteiger charge is 2.11. The predicted molar refractivity (Wildman–Crippen MR) is 75.3 cm³/mol. The van der Waals surface area contributed by atoms with Gasteiger partial charge in [0, 0.05) is 16.6 Å². The molecule has 2 N–H and O–H groups in total. The molecule has 0 aliphatic heterocycles. The summed E-state index contributed by atoms with van der Waals surface area (Å²) in [5, 5.41) is 0.649. The lowest BCUT2D eigenvalue weighted by Gasteiger charge is -2.15. The van der Waals surface area contributed by atoms with E-state index in [1.165, 1.54) is 12.1 Å². The Balaban J connectivity index is 2.38. The van der Waals surface area contributed by atoms with Crippen LogP contribution in [0, 0.1) is 12.7 Å². The van der Waals surface area contributed by atoms with Crippen LogP contribution in [-0.2, 0) is 0 Å². The lowest BCUT2D eigenvalue weighted by molar-refractivity contribution is 0.466. The van der Waals surface area contributed by atoms with E-state index in [4.69, 9.17) is 22.1 Å². The molecule has 0 saturated carbocycles. The molecule has 2 aromatic rings. The molecule has 2 nitrogen and oxygen atoms in total. The van der Waals surface area contributed by atoms with Gasteiger partial charge in [-0.15, -0.1) is 0 Å². The van der Waals surface area contributed by atoms with E-state index < -0.39 is 0 Å². The average molecular weight is 280 g/mol. The highest BCUT2D eigenvalue weighted by molar-refractivity contribution is 6.30. The number of hydrogen-bond acceptors (Lipinski definition) is 2. The zero-order valence-electron chi connectivity index (χ0n) is 10.8. The van der Waals surface area contributed by atoms with Crippen LogP contribution < -0.4 is 10.5 Å². The first-order chi connectivity index (χ1) is 8.97. The van der Waals surface area contributed by atoms with Gasteiger partial charge in [-0.25, -0.2) is 4.39 Å². The molecule has 2 aromatic carbocycles. The van der Waals surface area contributed by atoms with Crippen molar-refractivity contribution in [1.29, 1.82) is 0 Å². The van der Waals surface area contributed by atoms with Crippen molar-refractivity contribution in [1.82, 2.24) is 0 Å². The summed E-state index contributed by atoms with van der Waals surface area (Å²) in [6, 6.07) is 9.37. The Morgan fingerprint density at radius 1 is 1.16 bits per heavy atom. The van der Waals surface area contributed by atoms with Gasteiger partial charge in [-0.2, -0.15) is 0 Å². The third-order valence-corrected chi connectivity index (χ3v) is 3.05. The third kappa shape index (κ3) is 3.25. The molecule has 4 heteroatoms. The SMILES string of the molecule is Cc1cc(Cl)ccc1Oc1ccc(F)cc1[C@H](C)N.